The summed E-state index contributed by atoms with van der Waals surface area (Å²) in [6, 6.07) is 6.78. The number of nitrogens with zero attached hydrogens (tertiary/aromatic N) is 3. The van der Waals surface area contributed by atoms with Gasteiger partial charge in [-0.3, -0.25) is 0 Å². The van der Waals surface area contributed by atoms with Crippen molar-refractivity contribution in [3.8, 4) is 0 Å². The molecule has 2 aromatic heterocycles. The Balaban J connectivity index is 2.10. The maximum Gasteiger partial charge on any atom is 0.152 e. The van der Waals surface area contributed by atoms with Gasteiger partial charge in [0.2, 0.25) is 0 Å². The molecule has 3 nitrogen and oxygen atoms in total. The van der Waals surface area contributed by atoms with Crippen molar-refractivity contribution < 1.29 is 0 Å². The molecule has 1 fully saturated rings. The van der Waals surface area contributed by atoms with Crippen LogP contribution in [-0.2, 0) is 5.33 Å². The highest BCUT2D eigenvalue weighted by atomic mass is 79.9. The van der Waals surface area contributed by atoms with E-state index in [4.69, 9.17) is 4.98 Å². The quantitative estimate of drug-likeness (QED) is 0.790. The molecule has 1 unspecified atom stereocenters. The predicted molar refractivity (Wildman–Crippen MR) is 78.5 cm³/mol. The number of hydrogen-bond donors (Lipinski definition) is 0. The molecule has 0 bridgehead atoms. The molecule has 3 rings (SSSR count). The van der Waals surface area contributed by atoms with Gasteiger partial charge in [0.1, 0.15) is 5.65 Å². The van der Waals surface area contributed by atoms with Crippen molar-refractivity contribution in [2.24, 2.45) is 0 Å². The molecule has 2 aromatic rings. The minimum absolute atomic E-state index is 0.599. The van der Waals surface area contributed by atoms with Crippen molar-refractivity contribution in [1.29, 1.82) is 0 Å². The molecule has 0 saturated carbocycles. The SMILES string of the molecule is CC1CCCCN1c1nc2ccccn2c1CBr. The number of pyridine rings is 1. The molecule has 0 N–H and O–H groups in total. The number of fused-ring (bicyclic) bond motifs is 1. The van der Waals surface area contributed by atoms with E-state index >= 15 is 0 Å². The van der Waals surface area contributed by atoms with E-state index in [2.05, 4.69) is 50.5 Å². The zero-order chi connectivity index (χ0) is 12.5. The van der Waals surface area contributed by atoms with Gasteiger partial charge in [-0.05, 0) is 38.3 Å². The van der Waals surface area contributed by atoms with E-state index in [0.29, 0.717) is 6.04 Å². The van der Waals surface area contributed by atoms with Crippen LogP contribution in [0.15, 0.2) is 24.4 Å². The summed E-state index contributed by atoms with van der Waals surface area (Å²) in [5, 5.41) is 0.844. The molecule has 1 atom stereocenters. The summed E-state index contributed by atoms with van der Waals surface area (Å²) in [5.74, 6) is 1.16. The fraction of sp³-hybridized carbons (Fsp3) is 0.500. The van der Waals surface area contributed by atoms with Gasteiger partial charge < -0.3 is 9.30 Å². The van der Waals surface area contributed by atoms with Crippen LogP contribution in [0.2, 0.25) is 0 Å². The van der Waals surface area contributed by atoms with E-state index < -0.39 is 0 Å². The maximum atomic E-state index is 4.82. The molecule has 96 valence electrons. The molecule has 1 aliphatic rings. The van der Waals surface area contributed by atoms with Crippen LogP contribution in [0.4, 0.5) is 5.82 Å². The molecular formula is C14H18BrN3. The molecule has 0 spiro atoms. The van der Waals surface area contributed by atoms with Crippen LogP contribution in [0.3, 0.4) is 0 Å². The van der Waals surface area contributed by atoms with Gasteiger partial charge in [-0.25, -0.2) is 4.98 Å². The summed E-state index contributed by atoms with van der Waals surface area (Å²) in [6.07, 6.45) is 5.99. The Labute approximate surface area is 116 Å². The lowest BCUT2D eigenvalue weighted by Crippen LogP contribution is -2.38. The standard InChI is InChI=1S/C14H18BrN3/c1-11-6-2-4-8-17(11)14-12(10-15)18-9-5-3-7-13(18)16-14/h3,5,7,9,11H,2,4,6,8,10H2,1H3. The third-order valence-corrected chi connectivity index (χ3v) is 4.34. The zero-order valence-corrected chi connectivity index (χ0v) is 12.2. The lowest BCUT2D eigenvalue weighted by molar-refractivity contribution is 0.481. The van der Waals surface area contributed by atoms with Crippen molar-refractivity contribution in [3.05, 3.63) is 30.1 Å². The lowest BCUT2D eigenvalue weighted by atomic mass is 10.0. The normalized spacial score (nSPS) is 20.6. The number of aromatic nitrogens is 2. The molecule has 3 heterocycles. The molecule has 1 saturated heterocycles. The fourth-order valence-electron chi connectivity index (χ4n) is 2.80. The molecule has 1 aliphatic heterocycles. The number of halogens is 1. The van der Waals surface area contributed by atoms with Gasteiger partial charge in [0.15, 0.2) is 5.82 Å². The first-order chi connectivity index (χ1) is 8.81. The summed E-state index contributed by atoms with van der Waals surface area (Å²) in [5.41, 5.74) is 2.30. The number of imidazole rings is 1. The minimum Gasteiger partial charge on any atom is -0.352 e. The molecular weight excluding hydrogens is 290 g/mol. The second-order valence-corrected chi connectivity index (χ2v) is 5.54. The van der Waals surface area contributed by atoms with Crippen molar-refractivity contribution >= 4 is 27.4 Å². The van der Waals surface area contributed by atoms with Crippen LogP contribution >= 0.6 is 15.9 Å². The van der Waals surface area contributed by atoms with Crippen molar-refractivity contribution in [1.82, 2.24) is 9.38 Å². The van der Waals surface area contributed by atoms with E-state index in [1.165, 1.54) is 25.0 Å². The van der Waals surface area contributed by atoms with Crippen molar-refractivity contribution in [3.63, 3.8) is 0 Å². The molecule has 0 aliphatic carbocycles. The Bertz CT molecular complexity index is 549. The van der Waals surface area contributed by atoms with Crippen LogP contribution in [0.5, 0.6) is 0 Å². The highest BCUT2D eigenvalue weighted by Gasteiger charge is 2.24. The average Bonchev–Trinajstić information content (AvgIpc) is 2.77. The molecule has 0 radical (unpaired) electrons. The summed E-state index contributed by atoms with van der Waals surface area (Å²) in [4.78, 5) is 7.28. The van der Waals surface area contributed by atoms with Gasteiger partial charge in [-0.1, -0.05) is 22.0 Å². The predicted octanol–water partition coefficient (Wildman–Crippen LogP) is 3.61. The Kier molecular flexibility index (Phi) is 3.29. The average molecular weight is 308 g/mol. The lowest BCUT2D eigenvalue weighted by Gasteiger charge is -2.34. The third kappa shape index (κ3) is 1.92. The molecule has 18 heavy (non-hydrogen) atoms. The van der Waals surface area contributed by atoms with E-state index in [-0.39, 0.29) is 0 Å². The van der Waals surface area contributed by atoms with Crippen molar-refractivity contribution in [2.75, 3.05) is 11.4 Å². The van der Waals surface area contributed by atoms with E-state index in [0.717, 1.165) is 23.3 Å². The topological polar surface area (TPSA) is 20.5 Å². The summed E-state index contributed by atoms with van der Waals surface area (Å²) < 4.78 is 2.19. The first-order valence-corrected chi connectivity index (χ1v) is 7.72. The Morgan fingerprint density at radius 3 is 3.06 bits per heavy atom. The maximum absolute atomic E-state index is 4.82. The van der Waals surface area contributed by atoms with Gasteiger partial charge in [0.25, 0.3) is 0 Å². The van der Waals surface area contributed by atoms with E-state index in [1.54, 1.807) is 0 Å². The largest absolute Gasteiger partial charge is 0.352 e. The third-order valence-electron chi connectivity index (χ3n) is 3.81. The number of rotatable bonds is 2. The zero-order valence-electron chi connectivity index (χ0n) is 10.6. The Hall–Kier alpha value is -1.03. The van der Waals surface area contributed by atoms with Crippen LogP contribution < -0.4 is 4.90 Å². The summed E-state index contributed by atoms with van der Waals surface area (Å²) in [7, 11) is 0. The number of alkyl halides is 1. The summed E-state index contributed by atoms with van der Waals surface area (Å²) in [6.45, 7) is 3.44. The van der Waals surface area contributed by atoms with Gasteiger partial charge in [0, 0.05) is 24.1 Å². The smallest absolute Gasteiger partial charge is 0.152 e. The fourth-order valence-corrected chi connectivity index (χ4v) is 3.32. The van der Waals surface area contributed by atoms with Crippen LogP contribution in [0.25, 0.3) is 5.65 Å². The second kappa shape index (κ2) is 4.92. The minimum atomic E-state index is 0.599. The molecule has 4 heteroatoms. The van der Waals surface area contributed by atoms with Gasteiger partial charge in [-0.2, -0.15) is 0 Å². The Morgan fingerprint density at radius 2 is 2.28 bits per heavy atom. The number of anilines is 1. The van der Waals surface area contributed by atoms with Crippen LogP contribution in [0, 0.1) is 0 Å². The highest BCUT2D eigenvalue weighted by Crippen LogP contribution is 2.29. The van der Waals surface area contributed by atoms with Gasteiger partial charge in [-0.15, -0.1) is 0 Å². The van der Waals surface area contributed by atoms with E-state index in [9.17, 15) is 0 Å². The number of hydrogen-bond acceptors (Lipinski definition) is 2. The van der Waals surface area contributed by atoms with Gasteiger partial charge in [0.05, 0.1) is 5.69 Å². The molecule has 0 aromatic carbocycles. The van der Waals surface area contributed by atoms with Crippen molar-refractivity contribution in [2.45, 2.75) is 37.6 Å². The first kappa shape index (κ1) is 12.0. The molecule has 0 amide bonds. The summed E-state index contributed by atoms with van der Waals surface area (Å²) >= 11 is 3.61. The first-order valence-electron chi connectivity index (χ1n) is 6.60. The van der Waals surface area contributed by atoms with Gasteiger partial charge >= 0.3 is 0 Å². The Morgan fingerprint density at radius 1 is 1.39 bits per heavy atom. The number of piperidine rings is 1. The highest BCUT2D eigenvalue weighted by molar-refractivity contribution is 9.08. The van der Waals surface area contributed by atoms with Crippen LogP contribution in [-0.4, -0.2) is 22.0 Å². The van der Waals surface area contributed by atoms with Crippen LogP contribution in [0.1, 0.15) is 31.9 Å². The van der Waals surface area contributed by atoms with E-state index in [1.807, 2.05) is 6.07 Å². The monoisotopic (exact) mass is 307 g/mol. The second-order valence-electron chi connectivity index (χ2n) is 4.98.